The molecule has 0 unspecified atom stereocenters. The van der Waals surface area contributed by atoms with E-state index in [0.29, 0.717) is 11.5 Å². The average molecular weight is 316 g/mol. The zero-order chi connectivity index (χ0) is 16.2. The van der Waals surface area contributed by atoms with Crippen LogP contribution in [0.2, 0.25) is 0 Å². The molecule has 0 aromatic heterocycles. The fourth-order valence-electron chi connectivity index (χ4n) is 3.03. The monoisotopic (exact) mass is 316 g/mol. The molecule has 0 N–H and O–H groups in total. The van der Waals surface area contributed by atoms with Crippen LogP contribution >= 0.6 is 0 Å². The van der Waals surface area contributed by atoms with Gasteiger partial charge in [0.2, 0.25) is 0 Å². The van der Waals surface area contributed by atoms with Crippen molar-refractivity contribution in [2.75, 3.05) is 19.6 Å². The van der Waals surface area contributed by atoms with Crippen LogP contribution in [0.1, 0.15) is 52.8 Å². The Labute approximate surface area is 135 Å². The maximum absolute atomic E-state index is 12.1. The fourth-order valence-corrected chi connectivity index (χ4v) is 3.03. The van der Waals surface area contributed by atoms with E-state index in [1.807, 2.05) is 0 Å². The van der Waals surface area contributed by atoms with Gasteiger partial charge in [-0.25, -0.2) is 4.79 Å². The van der Waals surface area contributed by atoms with Crippen molar-refractivity contribution in [2.24, 2.45) is 0 Å². The standard InChI is InChI=1S/C17H20N2O4/c20-15(9-6-12-18-10-4-1-5-11-18)23-19-16(21)13-7-2-3-8-14(13)17(19)22/h2-3,7-8H,1,4-6,9-12H2. The second-order valence-corrected chi connectivity index (χ2v) is 5.92. The molecule has 0 bridgehead atoms. The van der Waals surface area contributed by atoms with E-state index in [4.69, 9.17) is 4.84 Å². The molecule has 0 spiro atoms. The van der Waals surface area contributed by atoms with Gasteiger partial charge in [-0.1, -0.05) is 23.6 Å². The van der Waals surface area contributed by atoms with Crippen molar-refractivity contribution in [3.8, 4) is 0 Å². The third-order valence-corrected chi connectivity index (χ3v) is 4.25. The minimum absolute atomic E-state index is 0.198. The fraction of sp³-hybridized carbons (Fsp3) is 0.471. The van der Waals surface area contributed by atoms with Crippen LogP contribution in [0.3, 0.4) is 0 Å². The highest BCUT2D eigenvalue weighted by Gasteiger charge is 2.38. The predicted octanol–water partition coefficient (Wildman–Crippen LogP) is 2.01. The normalized spacial score (nSPS) is 18.2. The molecule has 6 heteroatoms. The minimum atomic E-state index is -0.574. The van der Waals surface area contributed by atoms with E-state index in [1.54, 1.807) is 24.3 Å². The predicted molar refractivity (Wildman–Crippen MR) is 82.6 cm³/mol. The van der Waals surface area contributed by atoms with Gasteiger partial charge in [-0.3, -0.25) is 9.59 Å². The molecule has 122 valence electrons. The smallest absolute Gasteiger partial charge is 0.330 e. The van der Waals surface area contributed by atoms with Crippen molar-refractivity contribution < 1.29 is 19.2 Å². The Kier molecular flexibility index (Phi) is 4.71. The Bertz CT molecular complexity index is 588. The summed E-state index contributed by atoms with van der Waals surface area (Å²) in [5.41, 5.74) is 0.553. The SMILES string of the molecule is O=C(CCCN1CCCCC1)ON1C(=O)c2ccccc2C1=O. The molecule has 2 aliphatic heterocycles. The first-order valence-electron chi connectivity index (χ1n) is 8.08. The van der Waals surface area contributed by atoms with Gasteiger partial charge < -0.3 is 9.74 Å². The van der Waals surface area contributed by atoms with Crippen LogP contribution in [0.25, 0.3) is 0 Å². The van der Waals surface area contributed by atoms with E-state index in [0.717, 1.165) is 19.6 Å². The number of hydrogen-bond donors (Lipinski definition) is 0. The lowest BCUT2D eigenvalue weighted by molar-refractivity contribution is -0.168. The zero-order valence-corrected chi connectivity index (χ0v) is 13.0. The number of carbonyl (C=O) groups excluding carboxylic acids is 3. The maximum atomic E-state index is 12.1. The highest BCUT2D eigenvalue weighted by Crippen LogP contribution is 2.23. The summed E-state index contributed by atoms with van der Waals surface area (Å²) in [6.45, 7) is 3.00. The van der Waals surface area contributed by atoms with E-state index in [2.05, 4.69) is 4.90 Å². The van der Waals surface area contributed by atoms with Crippen LogP contribution in [0.4, 0.5) is 0 Å². The summed E-state index contributed by atoms with van der Waals surface area (Å²) < 4.78 is 0. The van der Waals surface area contributed by atoms with Crippen molar-refractivity contribution >= 4 is 17.8 Å². The lowest BCUT2D eigenvalue weighted by Crippen LogP contribution is -2.33. The topological polar surface area (TPSA) is 66.9 Å². The van der Waals surface area contributed by atoms with E-state index in [1.165, 1.54) is 19.3 Å². The van der Waals surface area contributed by atoms with Gasteiger partial charge >= 0.3 is 5.97 Å². The molecule has 2 aliphatic rings. The minimum Gasteiger partial charge on any atom is -0.330 e. The summed E-state index contributed by atoms with van der Waals surface area (Å²) >= 11 is 0. The van der Waals surface area contributed by atoms with Gasteiger partial charge in [0, 0.05) is 6.42 Å². The van der Waals surface area contributed by atoms with E-state index in [9.17, 15) is 14.4 Å². The molecule has 6 nitrogen and oxygen atoms in total. The molecular formula is C17H20N2O4. The van der Waals surface area contributed by atoms with Crippen molar-refractivity contribution in [1.82, 2.24) is 9.96 Å². The van der Waals surface area contributed by atoms with Crippen molar-refractivity contribution in [2.45, 2.75) is 32.1 Å². The van der Waals surface area contributed by atoms with Crippen LogP contribution in [0.5, 0.6) is 0 Å². The molecule has 2 amide bonds. The molecule has 1 saturated heterocycles. The number of imide groups is 1. The number of hydrogen-bond acceptors (Lipinski definition) is 5. The van der Waals surface area contributed by atoms with Crippen molar-refractivity contribution in [1.29, 1.82) is 0 Å². The first kappa shape index (κ1) is 15.7. The summed E-state index contributed by atoms with van der Waals surface area (Å²) in [7, 11) is 0. The van der Waals surface area contributed by atoms with Gasteiger partial charge in [-0.05, 0) is 51.0 Å². The number of likely N-dealkylation sites (tertiary alicyclic amines) is 1. The van der Waals surface area contributed by atoms with Crippen LogP contribution in [-0.4, -0.2) is 47.4 Å². The van der Waals surface area contributed by atoms with Crippen LogP contribution in [0.15, 0.2) is 24.3 Å². The molecule has 2 heterocycles. The zero-order valence-electron chi connectivity index (χ0n) is 13.0. The van der Waals surface area contributed by atoms with Gasteiger partial charge in [0.05, 0.1) is 11.1 Å². The molecule has 1 fully saturated rings. The van der Waals surface area contributed by atoms with Crippen LogP contribution in [-0.2, 0) is 9.63 Å². The third-order valence-electron chi connectivity index (χ3n) is 4.25. The van der Waals surface area contributed by atoms with E-state index < -0.39 is 17.8 Å². The number of amides is 2. The molecule has 0 aliphatic carbocycles. The first-order valence-corrected chi connectivity index (χ1v) is 8.08. The average Bonchev–Trinajstić information content (AvgIpc) is 2.81. The second-order valence-electron chi connectivity index (χ2n) is 5.92. The first-order chi connectivity index (χ1) is 11.2. The molecule has 1 aromatic carbocycles. The molecule has 1 aromatic rings. The largest absolute Gasteiger partial charge is 0.333 e. The van der Waals surface area contributed by atoms with Gasteiger partial charge in [-0.2, -0.15) is 0 Å². The second kappa shape index (κ2) is 6.91. The quantitative estimate of drug-likeness (QED) is 0.777. The van der Waals surface area contributed by atoms with Crippen molar-refractivity contribution in [3.63, 3.8) is 0 Å². The molecule has 0 saturated carbocycles. The summed E-state index contributed by atoms with van der Waals surface area (Å²) in [5.74, 6) is -1.69. The summed E-state index contributed by atoms with van der Waals surface area (Å²) in [6, 6.07) is 6.46. The summed E-state index contributed by atoms with van der Waals surface area (Å²) in [5, 5.41) is 0.577. The Morgan fingerprint density at radius 3 is 2.22 bits per heavy atom. The van der Waals surface area contributed by atoms with Gasteiger partial charge in [0.15, 0.2) is 0 Å². The van der Waals surface area contributed by atoms with Gasteiger partial charge in [0.1, 0.15) is 0 Å². The number of benzene rings is 1. The lowest BCUT2D eigenvalue weighted by Gasteiger charge is -2.26. The van der Waals surface area contributed by atoms with E-state index >= 15 is 0 Å². The van der Waals surface area contributed by atoms with Gasteiger partial charge in [-0.15, -0.1) is 0 Å². The highest BCUT2D eigenvalue weighted by molar-refractivity contribution is 6.20. The Morgan fingerprint density at radius 2 is 1.61 bits per heavy atom. The summed E-state index contributed by atoms with van der Waals surface area (Å²) in [4.78, 5) is 43.4. The Hall–Kier alpha value is -2.21. The third kappa shape index (κ3) is 3.42. The number of piperidine rings is 1. The maximum Gasteiger partial charge on any atom is 0.333 e. The Morgan fingerprint density at radius 1 is 1.00 bits per heavy atom. The molecule has 23 heavy (non-hydrogen) atoms. The number of nitrogens with zero attached hydrogens (tertiary/aromatic N) is 2. The lowest BCUT2D eigenvalue weighted by atomic mass is 10.1. The van der Waals surface area contributed by atoms with Crippen molar-refractivity contribution in [3.05, 3.63) is 35.4 Å². The Balaban J connectivity index is 1.49. The molecular weight excluding hydrogens is 296 g/mol. The summed E-state index contributed by atoms with van der Waals surface area (Å²) in [6.07, 6.45) is 4.56. The number of hydroxylamine groups is 2. The molecule has 3 rings (SSSR count). The number of carbonyl (C=O) groups is 3. The number of fused-ring (bicyclic) bond motifs is 1. The van der Waals surface area contributed by atoms with Gasteiger partial charge in [0.25, 0.3) is 11.8 Å². The van der Waals surface area contributed by atoms with E-state index in [-0.39, 0.29) is 17.5 Å². The molecule has 0 radical (unpaired) electrons. The molecule has 0 atom stereocenters. The van der Waals surface area contributed by atoms with Crippen LogP contribution in [0, 0.1) is 0 Å². The number of rotatable bonds is 5. The highest BCUT2D eigenvalue weighted by atomic mass is 16.7. The van der Waals surface area contributed by atoms with Crippen LogP contribution < -0.4 is 0 Å².